The number of ether oxygens (including phenoxy) is 3. The molecule has 0 spiro atoms. The third-order valence-corrected chi connectivity index (χ3v) is 8.69. The van der Waals surface area contributed by atoms with Crippen LogP contribution >= 0.6 is 0 Å². The second kappa shape index (κ2) is 15.7. The Kier molecular flexibility index (Phi) is 10.7. The van der Waals surface area contributed by atoms with E-state index in [1.54, 1.807) is 18.2 Å². The van der Waals surface area contributed by atoms with Gasteiger partial charge < -0.3 is 19.3 Å². The van der Waals surface area contributed by atoms with E-state index < -0.39 is 29.7 Å². The second-order valence-corrected chi connectivity index (χ2v) is 12.0. The predicted octanol–water partition coefficient (Wildman–Crippen LogP) is 6.03. The van der Waals surface area contributed by atoms with Gasteiger partial charge in [0, 0.05) is 19.4 Å². The maximum absolute atomic E-state index is 13.0. The van der Waals surface area contributed by atoms with Crippen molar-refractivity contribution in [2.45, 2.75) is 38.6 Å². The van der Waals surface area contributed by atoms with Gasteiger partial charge in [-0.05, 0) is 83.1 Å². The summed E-state index contributed by atoms with van der Waals surface area (Å²) in [7, 11) is 0. The number of benzene rings is 4. The number of imide groups is 2. The van der Waals surface area contributed by atoms with Crippen LogP contribution in [0, 0.1) is 0 Å². The Morgan fingerprint density at radius 3 is 2.10 bits per heavy atom. The van der Waals surface area contributed by atoms with Crippen molar-refractivity contribution in [1.82, 2.24) is 10.2 Å². The Morgan fingerprint density at radius 1 is 0.740 bits per heavy atom. The van der Waals surface area contributed by atoms with E-state index in [1.807, 2.05) is 54.6 Å². The molecule has 1 atom stereocenters. The summed E-state index contributed by atoms with van der Waals surface area (Å²) in [4.78, 5) is 50.6. The van der Waals surface area contributed by atoms with Crippen molar-refractivity contribution in [1.29, 1.82) is 0 Å². The number of hydrogen-bond donors (Lipinski definition) is 2. The quantitative estimate of drug-likeness (QED) is 0.0943. The molecule has 2 aliphatic heterocycles. The van der Waals surface area contributed by atoms with Crippen molar-refractivity contribution in [2.75, 3.05) is 26.4 Å². The number of nitrogens with zero attached hydrogens (tertiary/aromatic N) is 1. The molecule has 4 aromatic carbocycles. The standard InChI is InChI=1S/C40H38N2O8/c1-2-32(26-7-4-3-5-8-26)37(27-9-13-29(43)14-10-27)28-11-15-30(16-12-28)50-24-23-48-21-6-22-49-31-17-18-33-34(25-31)40(47)42(39(33)46)35-19-20-36(44)41-38(35)45/h3-5,7-18,25,35,43H,2,6,19-24H2,1H3,(H,41,44,45). The Labute approximate surface area is 290 Å². The van der Waals surface area contributed by atoms with Gasteiger partial charge in [0.1, 0.15) is 29.9 Å². The summed E-state index contributed by atoms with van der Waals surface area (Å²) >= 11 is 0. The first-order chi connectivity index (χ1) is 24.3. The number of piperidine rings is 1. The number of phenolic OH excluding ortho intramolecular Hbond substituents is 1. The van der Waals surface area contributed by atoms with Crippen LogP contribution in [0.4, 0.5) is 0 Å². The van der Waals surface area contributed by atoms with E-state index in [1.165, 1.54) is 17.7 Å². The lowest BCUT2D eigenvalue weighted by Gasteiger charge is -2.27. The predicted molar refractivity (Wildman–Crippen MR) is 187 cm³/mol. The largest absolute Gasteiger partial charge is 0.508 e. The van der Waals surface area contributed by atoms with Crippen molar-refractivity contribution in [3.05, 3.63) is 125 Å². The fourth-order valence-electron chi connectivity index (χ4n) is 6.24. The molecule has 4 amide bonds. The normalized spacial score (nSPS) is 16.2. The van der Waals surface area contributed by atoms with Crippen molar-refractivity contribution in [3.63, 3.8) is 0 Å². The molecule has 2 heterocycles. The number of aromatic hydroxyl groups is 1. The molecule has 1 unspecified atom stereocenters. The highest BCUT2D eigenvalue weighted by atomic mass is 16.5. The number of carbonyl (C=O) groups excluding carboxylic acids is 4. The molecule has 256 valence electrons. The number of allylic oxidation sites excluding steroid dienone is 1. The lowest BCUT2D eigenvalue weighted by atomic mass is 9.88. The molecular weight excluding hydrogens is 636 g/mol. The Hall–Kier alpha value is -5.74. The minimum atomic E-state index is -1.01. The average molecular weight is 675 g/mol. The molecule has 2 N–H and O–H groups in total. The van der Waals surface area contributed by atoms with Gasteiger partial charge in [0.2, 0.25) is 11.8 Å². The van der Waals surface area contributed by atoms with Gasteiger partial charge in [-0.25, -0.2) is 0 Å². The number of hydrogen-bond acceptors (Lipinski definition) is 8. The monoisotopic (exact) mass is 674 g/mol. The molecule has 50 heavy (non-hydrogen) atoms. The van der Waals surface area contributed by atoms with Crippen LogP contribution in [-0.2, 0) is 14.3 Å². The highest BCUT2D eigenvalue weighted by Gasteiger charge is 2.44. The van der Waals surface area contributed by atoms with E-state index in [4.69, 9.17) is 14.2 Å². The maximum Gasteiger partial charge on any atom is 0.262 e. The molecular formula is C40H38N2O8. The highest BCUT2D eigenvalue weighted by molar-refractivity contribution is 6.23. The summed E-state index contributed by atoms with van der Waals surface area (Å²) in [5.41, 5.74) is 5.91. The van der Waals surface area contributed by atoms with Crippen LogP contribution in [0.2, 0.25) is 0 Å². The zero-order valence-corrected chi connectivity index (χ0v) is 27.7. The fraction of sp³-hybridized carbons (Fsp3) is 0.250. The van der Waals surface area contributed by atoms with Crippen LogP contribution in [0.5, 0.6) is 17.2 Å². The first kappa shape index (κ1) is 34.1. The smallest absolute Gasteiger partial charge is 0.262 e. The zero-order chi connectivity index (χ0) is 35.0. The summed E-state index contributed by atoms with van der Waals surface area (Å²) < 4.78 is 17.4. The van der Waals surface area contributed by atoms with Crippen molar-refractivity contribution >= 4 is 34.8 Å². The Bertz CT molecular complexity index is 1900. The topological polar surface area (TPSA) is 131 Å². The molecule has 0 bridgehead atoms. The number of amides is 4. The van der Waals surface area contributed by atoms with Gasteiger partial charge in [-0.15, -0.1) is 0 Å². The SMILES string of the molecule is CCC(=C(c1ccc(O)cc1)c1ccc(OCCOCCCOc2ccc3c(c2)C(=O)N(C2CCC(=O)NC2=O)C3=O)cc1)c1ccccc1. The summed E-state index contributed by atoms with van der Waals surface area (Å²) in [5, 5.41) is 12.1. The van der Waals surface area contributed by atoms with Crippen LogP contribution in [0.3, 0.4) is 0 Å². The van der Waals surface area contributed by atoms with E-state index in [-0.39, 0.29) is 29.7 Å². The van der Waals surface area contributed by atoms with Gasteiger partial charge in [-0.2, -0.15) is 0 Å². The molecule has 1 saturated heterocycles. The molecule has 0 radical (unpaired) electrons. The molecule has 0 aliphatic carbocycles. The molecule has 0 saturated carbocycles. The average Bonchev–Trinajstić information content (AvgIpc) is 3.37. The Morgan fingerprint density at radius 2 is 1.40 bits per heavy atom. The molecule has 6 rings (SSSR count). The van der Waals surface area contributed by atoms with E-state index in [9.17, 15) is 24.3 Å². The van der Waals surface area contributed by atoms with Gasteiger partial charge in [-0.3, -0.25) is 29.4 Å². The van der Waals surface area contributed by atoms with Crippen LogP contribution < -0.4 is 14.8 Å². The number of carbonyl (C=O) groups is 4. The minimum Gasteiger partial charge on any atom is -0.508 e. The van der Waals surface area contributed by atoms with Crippen LogP contribution in [-0.4, -0.2) is 66.1 Å². The van der Waals surface area contributed by atoms with Crippen LogP contribution in [0.15, 0.2) is 97.1 Å². The molecule has 0 aromatic heterocycles. The Balaban J connectivity index is 0.964. The lowest BCUT2D eigenvalue weighted by Crippen LogP contribution is -2.54. The number of rotatable bonds is 14. The van der Waals surface area contributed by atoms with Gasteiger partial charge in [0.25, 0.3) is 11.8 Å². The zero-order valence-electron chi connectivity index (χ0n) is 27.7. The van der Waals surface area contributed by atoms with Gasteiger partial charge >= 0.3 is 0 Å². The van der Waals surface area contributed by atoms with Crippen molar-refractivity contribution < 1.29 is 38.5 Å². The summed E-state index contributed by atoms with van der Waals surface area (Å²) in [6.07, 6.45) is 1.59. The second-order valence-electron chi connectivity index (χ2n) is 12.0. The van der Waals surface area contributed by atoms with E-state index in [0.717, 1.165) is 39.3 Å². The minimum absolute atomic E-state index is 0.0659. The van der Waals surface area contributed by atoms with Gasteiger partial charge in [-0.1, -0.05) is 61.5 Å². The lowest BCUT2D eigenvalue weighted by molar-refractivity contribution is -0.136. The third-order valence-electron chi connectivity index (χ3n) is 8.69. The summed E-state index contributed by atoms with van der Waals surface area (Å²) in [5.74, 6) is -0.809. The van der Waals surface area contributed by atoms with Crippen LogP contribution in [0.1, 0.15) is 70.0 Å². The number of nitrogens with one attached hydrogen (secondary N) is 1. The fourth-order valence-corrected chi connectivity index (χ4v) is 6.24. The number of fused-ring (bicyclic) bond motifs is 1. The third kappa shape index (κ3) is 7.61. The summed E-state index contributed by atoms with van der Waals surface area (Å²) in [6.45, 7) is 3.67. The maximum atomic E-state index is 13.0. The van der Waals surface area contributed by atoms with Crippen molar-refractivity contribution in [2.24, 2.45) is 0 Å². The molecule has 2 aliphatic rings. The molecule has 1 fully saturated rings. The highest BCUT2D eigenvalue weighted by Crippen LogP contribution is 2.36. The van der Waals surface area contributed by atoms with Gasteiger partial charge in [0.05, 0.1) is 24.3 Å². The van der Waals surface area contributed by atoms with E-state index >= 15 is 0 Å². The van der Waals surface area contributed by atoms with Gasteiger partial charge in [0.15, 0.2) is 0 Å². The molecule has 4 aromatic rings. The van der Waals surface area contributed by atoms with Crippen LogP contribution in [0.25, 0.3) is 11.1 Å². The number of phenols is 1. The summed E-state index contributed by atoms with van der Waals surface area (Å²) in [6, 6.07) is 29.2. The first-order valence-electron chi connectivity index (χ1n) is 16.7. The van der Waals surface area contributed by atoms with E-state index in [0.29, 0.717) is 38.6 Å². The molecule has 10 heteroatoms. The van der Waals surface area contributed by atoms with E-state index in [2.05, 4.69) is 24.4 Å². The van der Waals surface area contributed by atoms with Crippen molar-refractivity contribution in [3.8, 4) is 17.2 Å². The first-order valence-corrected chi connectivity index (χ1v) is 16.7. The molecule has 10 nitrogen and oxygen atoms in total.